The molecule has 0 aromatic heterocycles. The van der Waals surface area contributed by atoms with Gasteiger partial charge in [-0.05, 0) is 101 Å². The summed E-state index contributed by atoms with van der Waals surface area (Å²) in [5, 5.41) is 42.6. The molecule has 0 bridgehead atoms. The number of ketones is 1. The number of hydrogen-bond acceptors (Lipinski definition) is 15. The zero-order valence-electron chi connectivity index (χ0n) is 46.2. The summed E-state index contributed by atoms with van der Waals surface area (Å²) in [5.41, 5.74) is 0.461. The average molecular weight is 1070 g/mol. The van der Waals surface area contributed by atoms with Gasteiger partial charge in [-0.3, -0.25) is 43.2 Å². The molecule has 12 atom stereocenters. The number of Topliss-reactive ketones (excluding diaryl/α,β-unsaturated/α-hetero) is 1. The van der Waals surface area contributed by atoms with E-state index in [1.165, 1.54) is 66.8 Å². The van der Waals surface area contributed by atoms with Gasteiger partial charge in [0.1, 0.15) is 54.2 Å². The largest absolute Gasteiger partial charge is 0.508 e. The van der Waals surface area contributed by atoms with Crippen molar-refractivity contribution in [2.45, 2.75) is 194 Å². The number of amides is 7. The van der Waals surface area contributed by atoms with Crippen LogP contribution in [-0.2, 0) is 63.8 Å². The molecule has 22 nitrogen and oxygen atoms in total. The van der Waals surface area contributed by atoms with E-state index in [0.29, 0.717) is 18.4 Å². The van der Waals surface area contributed by atoms with Gasteiger partial charge in [-0.25, -0.2) is 4.79 Å². The van der Waals surface area contributed by atoms with Gasteiger partial charge in [0.05, 0.1) is 24.5 Å². The molecule has 0 unspecified atom stereocenters. The zero-order chi connectivity index (χ0) is 57.0. The Morgan fingerprint density at radius 3 is 1.99 bits per heavy atom. The summed E-state index contributed by atoms with van der Waals surface area (Å²) in [5.74, 6) is -11.3. The van der Waals surface area contributed by atoms with E-state index in [4.69, 9.17) is 9.47 Å². The van der Waals surface area contributed by atoms with Crippen LogP contribution in [0.1, 0.15) is 127 Å². The topological polar surface area (TPSA) is 308 Å². The average Bonchev–Trinajstić information content (AvgIpc) is 4.05. The first kappa shape index (κ1) is 62.4. The highest BCUT2D eigenvalue weighted by Crippen LogP contribution is 2.26. The van der Waals surface area contributed by atoms with Crippen LogP contribution in [0.25, 0.3) is 0 Å². The van der Waals surface area contributed by atoms with Crippen LogP contribution in [0.5, 0.6) is 5.75 Å². The second-order valence-electron chi connectivity index (χ2n) is 22.2. The molecule has 424 valence electrons. The van der Waals surface area contributed by atoms with Crippen molar-refractivity contribution in [3.63, 3.8) is 0 Å². The van der Waals surface area contributed by atoms with Gasteiger partial charge in [0, 0.05) is 26.6 Å². The van der Waals surface area contributed by atoms with E-state index >= 15 is 0 Å². The second-order valence-corrected chi connectivity index (χ2v) is 22.2. The Labute approximate surface area is 446 Å². The maximum atomic E-state index is 14.8. The molecule has 3 fully saturated rings. The van der Waals surface area contributed by atoms with Crippen molar-refractivity contribution in [3.8, 4) is 5.75 Å². The number of likely N-dealkylation sites (tertiary alicyclic amines) is 1. The Kier molecular flexibility index (Phi) is 22.8. The third-order valence-corrected chi connectivity index (χ3v) is 14.3. The number of fused-ring (bicyclic) bond motifs is 1. The number of aliphatic hydroxyl groups excluding tert-OH is 2. The fraction of sp³-hybridized carbons (Fsp3) is 0.704. The summed E-state index contributed by atoms with van der Waals surface area (Å²) >= 11 is 0. The van der Waals surface area contributed by atoms with E-state index in [0.717, 1.165) is 0 Å². The molecule has 7 N–H and O–H groups in total. The first-order chi connectivity index (χ1) is 35.5. The number of cyclic esters (lactones) is 2. The number of carbonyl (C=O) groups is 10. The third-order valence-electron chi connectivity index (χ3n) is 14.3. The SMILES string of the molecule is CC(C)C[C@@H]1NC(=O)[C@@H](C)C(=O)[C@H](C(C)C)OC(=O)C[C@H](O)[C@H](C(C)C)NC(=O)[C@@H](NC(=O)[C@@H](CC(C)C)N(C)C(=O)[C@H]2CCCN2C(=O)[C@H](C)O)[C@@H](C)OC(=O)[C@H](Cc2ccc(O)cc2)NC(=O)[C@@H]2CCCN2C1=O. The number of nitrogens with one attached hydrogen (secondary N) is 4. The number of likely N-dealkylation sites (N-methyl/N-ethyl adjacent to an activating group) is 1. The number of phenols is 1. The standard InChI is InChI=1S/C54H83N7O15/c1-27(2)23-36-52(72)60-21-13-15-38(60)48(68)56-37(25-34-17-19-35(63)20-18-34)54(74)75-33(11)44(58-49(69)40(24-28(3)4)59(12)53(73)39-16-14-22-61(39)51(71)32(10)62)50(70)57-43(29(5)6)41(64)26-42(65)76-46(30(7)8)45(66)31(9)47(67)55-36/h17-20,27-33,36-41,43-44,46,62-64H,13-16,21-26H2,1-12H3,(H,55,67)(H,56,68)(H,57,70)(H,58,69)/t31-,32-,33+,36-,37-,38-,39+,40+,41-,43-,44-,46-/m0/s1. The fourth-order valence-electron chi connectivity index (χ4n) is 9.95. The molecular weight excluding hydrogens is 987 g/mol. The molecule has 76 heavy (non-hydrogen) atoms. The molecule has 7 amide bonds. The summed E-state index contributed by atoms with van der Waals surface area (Å²) < 4.78 is 11.7. The van der Waals surface area contributed by atoms with Gasteiger partial charge < -0.3 is 60.8 Å². The molecule has 0 radical (unpaired) electrons. The normalized spacial score (nSPS) is 27.8. The molecule has 22 heteroatoms. The van der Waals surface area contributed by atoms with Gasteiger partial charge in [-0.15, -0.1) is 0 Å². The van der Waals surface area contributed by atoms with E-state index in [1.807, 2.05) is 27.7 Å². The lowest BCUT2D eigenvalue weighted by molar-refractivity contribution is -0.162. The van der Waals surface area contributed by atoms with Crippen molar-refractivity contribution in [3.05, 3.63) is 29.8 Å². The lowest BCUT2D eigenvalue weighted by atomic mass is 9.92. The Morgan fingerprint density at radius 1 is 0.789 bits per heavy atom. The first-order valence-corrected chi connectivity index (χ1v) is 26.7. The molecular formula is C54H83N7O15. The van der Waals surface area contributed by atoms with E-state index in [2.05, 4.69) is 21.3 Å². The van der Waals surface area contributed by atoms with Crippen LogP contribution in [-0.4, -0.2) is 176 Å². The van der Waals surface area contributed by atoms with Crippen LogP contribution >= 0.6 is 0 Å². The van der Waals surface area contributed by atoms with Gasteiger partial charge in [0.2, 0.25) is 35.4 Å². The summed E-state index contributed by atoms with van der Waals surface area (Å²) in [7, 11) is 1.39. The second kappa shape index (κ2) is 27.8. The smallest absolute Gasteiger partial charge is 0.329 e. The van der Waals surface area contributed by atoms with Gasteiger partial charge in [-0.1, -0.05) is 67.5 Å². The molecule has 0 aliphatic carbocycles. The van der Waals surface area contributed by atoms with Gasteiger partial charge in [-0.2, -0.15) is 0 Å². The Hall–Kier alpha value is -6.16. The number of aromatic hydroxyl groups is 1. The van der Waals surface area contributed by atoms with Crippen molar-refractivity contribution in [1.29, 1.82) is 0 Å². The highest BCUT2D eigenvalue weighted by Gasteiger charge is 2.45. The van der Waals surface area contributed by atoms with Gasteiger partial charge in [0.25, 0.3) is 5.91 Å². The minimum absolute atomic E-state index is 0.0611. The van der Waals surface area contributed by atoms with Crippen LogP contribution in [0.2, 0.25) is 0 Å². The number of aliphatic hydroxyl groups is 2. The Morgan fingerprint density at radius 2 is 1.41 bits per heavy atom. The summed E-state index contributed by atoms with van der Waals surface area (Å²) in [6.07, 6.45) is -5.57. The lowest BCUT2D eigenvalue weighted by Gasteiger charge is -2.35. The monoisotopic (exact) mass is 1070 g/mol. The molecule has 4 rings (SSSR count). The third kappa shape index (κ3) is 16.4. The summed E-state index contributed by atoms with van der Waals surface area (Å²) in [6.45, 7) is 18.0. The maximum absolute atomic E-state index is 14.8. The number of esters is 2. The van der Waals surface area contributed by atoms with Crippen molar-refractivity contribution >= 4 is 59.1 Å². The van der Waals surface area contributed by atoms with Gasteiger partial charge >= 0.3 is 11.9 Å². The lowest BCUT2D eigenvalue weighted by Crippen LogP contribution is -2.62. The van der Waals surface area contributed by atoms with Crippen LogP contribution in [0.4, 0.5) is 0 Å². The molecule has 1 aromatic carbocycles. The predicted molar refractivity (Wildman–Crippen MR) is 276 cm³/mol. The van der Waals surface area contributed by atoms with E-state index < -0.39 is 150 Å². The van der Waals surface area contributed by atoms with Crippen molar-refractivity contribution in [2.24, 2.45) is 29.6 Å². The van der Waals surface area contributed by atoms with E-state index in [-0.39, 0.29) is 62.8 Å². The van der Waals surface area contributed by atoms with Crippen molar-refractivity contribution in [1.82, 2.24) is 36.0 Å². The molecule has 0 saturated carbocycles. The van der Waals surface area contributed by atoms with E-state index in [9.17, 15) is 63.3 Å². The predicted octanol–water partition coefficient (Wildman–Crippen LogP) is 1.28. The number of carbonyl (C=O) groups excluding carboxylic acids is 10. The van der Waals surface area contributed by atoms with Crippen LogP contribution in [0.3, 0.4) is 0 Å². The quantitative estimate of drug-likeness (QED) is 0.108. The Bertz CT molecular complexity index is 2250. The van der Waals surface area contributed by atoms with Crippen LogP contribution in [0.15, 0.2) is 24.3 Å². The van der Waals surface area contributed by atoms with Gasteiger partial charge in [0.15, 0.2) is 11.9 Å². The number of nitrogens with zero attached hydrogens (tertiary/aromatic N) is 3. The van der Waals surface area contributed by atoms with Crippen LogP contribution in [0, 0.1) is 29.6 Å². The van der Waals surface area contributed by atoms with E-state index in [1.54, 1.807) is 27.7 Å². The number of phenolic OH excluding ortho intramolecular Hbond substituents is 1. The van der Waals surface area contributed by atoms with Crippen molar-refractivity contribution < 1.29 is 72.7 Å². The summed E-state index contributed by atoms with van der Waals surface area (Å²) in [4.78, 5) is 145. The highest BCUT2D eigenvalue weighted by molar-refractivity contribution is 6.05. The first-order valence-electron chi connectivity index (χ1n) is 26.7. The molecule has 0 spiro atoms. The molecule has 3 saturated heterocycles. The van der Waals surface area contributed by atoms with Crippen molar-refractivity contribution in [2.75, 3.05) is 20.1 Å². The molecule has 3 heterocycles. The summed E-state index contributed by atoms with van der Waals surface area (Å²) in [6, 6.07) is -3.32. The molecule has 1 aromatic rings. The maximum Gasteiger partial charge on any atom is 0.329 e. The molecule has 3 aliphatic rings. The number of rotatable bonds is 13. The highest BCUT2D eigenvalue weighted by atomic mass is 16.6. The number of ether oxygens (including phenoxy) is 2. The minimum Gasteiger partial charge on any atom is -0.508 e. The number of benzene rings is 1. The Balaban J connectivity index is 1.83. The molecule has 3 aliphatic heterocycles. The minimum atomic E-state index is -1.78. The number of hydrogen-bond donors (Lipinski definition) is 7. The van der Waals surface area contributed by atoms with Crippen LogP contribution < -0.4 is 21.3 Å². The fourth-order valence-corrected chi connectivity index (χ4v) is 9.95. The zero-order valence-corrected chi connectivity index (χ0v) is 46.2.